The number of nitrogens with one attached hydrogen (secondary N) is 1. The molecule has 0 spiro atoms. The number of pyridine rings is 1. The number of rotatable bonds is 3. The number of benzene rings is 2. The van der Waals surface area contributed by atoms with Crippen molar-refractivity contribution in [1.29, 1.82) is 0 Å². The van der Waals surface area contributed by atoms with Crippen LogP contribution in [0.2, 0.25) is 0 Å². The van der Waals surface area contributed by atoms with Gasteiger partial charge in [0.15, 0.2) is 0 Å². The molecule has 0 unspecified atom stereocenters. The number of hydrogen-bond acceptors (Lipinski definition) is 3. The van der Waals surface area contributed by atoms with E-state index in [-0.39, 0.29) is 5.91 Å². The molecule has 3 rings (SSSR count). The molecule has 0 saturated carbocycles. The molecule has 22 heavy (non-hydrogen) atoms. The van der Waals surface area contributed by atoms with E-state index in [0.717, 1.165) is 15.4 Å². The van der Waals surface area contributed by atoms with Gasteiger partial charge in [-0.05, 0) is 30.3 Å². The van der Waals surface area contributed by atoms with Gasteiger partial charge in [-0.3, -0.25) is 4.79 Å². The average molecular weight is 354 g/mol. The summed E-state index contributed by atoms with van der Waals surface area (Å²) < 4.78 is 0.848. The van der Waals surface area contributed by atoms with Crippen LogP contribution in [-0.2, 0) is 0 Å². The summed E-state index contributed by atoms with van der Waals surface area (Å²) in [6, 6.07) is 18.8. The molecule has 1 amide bonds. The molecule has 2 aromatic carbocycles. The largest absolute Gasteiger partial charge is 0.271 e. The Kier molecular flexibility index (Phi) is 4.25. The maximum atomic E-state index is 11.9. The lowest BCUT2D eigenvalue weighted by molar-refractivity contribution is 0.0955. The van der Waals surface area contributed by atoms with Crippen LogP contribution in [0.25, 0.3) is 10.9 Å². The van der Waals surface area contributed by atoms with Crippen molar-refractivity contribution in [3.63, 3.8) is 0 Å². The molecule has 108 valence electrons. The monoisotopic (exact) mass is 353 g/mol. The Morgan fingerprint density at radius 3 is 2.82 bits per heavy atom. The fraction of sp³-hybridized carbons (Fsp3) is 0. The summed E-state index contributed by atoms with van der Waals surface area (Å²) in [7, 11) is 0. The number of carbonyl (C=O) groups excluding carboxylic acids is 1. The maximum Gasteiger partial charge on any atom is 0.271 e. The summed E-state index contributed by atoms with van der Waals surface area (Å²) in [6.07, 6.45) is 1.53. The summed E-state index contributed by atoms with van der Waals surface area (Å²) in [6.45, 7) is 0. The Labute approximate surface area is 136 Å². The van der Waals surface area contributed by atoms with Gasteiger partial charge in [0.25, 0.3) is 5.91 Å². The number of hydrogen-bond donors (Lipinski definition) is 1. The number of halogens is 1. The van der Waals surface area contributed by atoms with Gasteiger partial charge >= 0.3 is 0 Å². The van der Waals surface area contributed by atoms with E-state index in [4.69, 9.17) is 0 Å². The number of hydrazone groups is 1. The van der Waals surface area contributed by atoms with Gasteiger partial charge in [0.1, 0.15) is 0 Å². The highest BCUT2D eigenvalue weighted by molar-refractivity contribution is 9.10. The van der Waals surface area contributed by atoms with E-state index in [2.05, 4.69) is 31.4 Å². The van der Waals surface area contributed by atoms with E-state index < -0.39 is 0 Å². The van der Waals surface area contributed by atoms with Crippen LogP contribution in [0, 0.1) is 0 Å². The van der Waals surface area contributed by atoms with Crippen molar-refractivity contribution in [2.75, 3.05) is 0 Å². The molecule has 0 atom stereocenters. The smallest absolute Gasteiger partial charge is 0.267 e. The topological polar surface area (TPSA) is 54.4 Å². The minimum absolute atomic E-state index is 0.265. The first-order chi connectivity index (χ1) is 10.7. The second-order valence-electron chi connectivity index (χ2n) is 4.64. The minimum Gasteiger partial charge on any atom is -0.267 e. The van der Waals surface area contributed by atoms with Crippen molar-refractivity contribution in [3.8, 4) is 0 Å². The second-order valence-corrected chi connectivity index (χ2v) is 5.55. The zero-order valence-corrected chi connectivity index (χ0v) is 13.1. The average Bonchev–Trinajstić information content (AvgIpc) is 2.54. The SMILES string of the molecule is O=C(N/N=C/c1ccc2ccccc2n1)c1cccc(Br)c1. The van der Waals surface area contributed by atoms with Crippen molar-refractivity contribution in [2.24, 2.45) is 5.10 Å². The number of nitrogens with zero attached hydrogens (tertiary/aromatic N) is 2. The van der Waals surface area contributed by atoms with Crippen molar-refractivity contribution >= 4 is 39.0 Å². The van der Waals surface area contributed by atoms with Crippen molar-refractivity contribution in [3.05, 3.63) is 76.4 Å². The Balaban J connectivity index is 1.72. The molecule has 0 saturated heterocycles. The highest BCUT2D eigenvalue weighted by Gasteiger charge is 2.03. The van der Waals surface area contributed by atoms with Gasteiger partial charge in [0.2, 0.25) is 0 Å². The van der Waals surface area contributed by atoms with Gasteiger partial charge in [0, 0.05) is 15.4 Å². The van der Waals surface area contributed by atoms with Crippen LogP contribution in [-0.4, -0.2) is 17.1 Å². The van der Waals surface area contributed by atoms with Gasteiger partial charge in [-0.25, -0.2) is 10.4 Å². The predicted octanol–water partition coefficient (Wildman–Crippen LogP) is 3.76. The maximum absolute atomic E-state index is 11.9. The summed E-state index contributed by atoms with van der Waals surface area (Å²) >= 11 is 3.33. The Morgan fingerprint density at radius 2 is 1.95 bits per heavy atom. The highest BCUT2D eigenvalue weighted by atomic mass is 79.9. The first-order valence-electron chi connectivity index (χ1n) is 6.67. The second kappa shape index (κ2) is 6.49. The molecule has 4 nitrogen and oxygen atoms in total. The fourth-order valence-electron chi connectivity index (χ4n) is 2.01. The van der Waals surface area contributed by atoms with E-state index in [1.54, 1.807) is 18.2 Å². The van der Waals surface area contributed by atoms with Crippen LogP contribution in [0.3, 0.4) is 0 Å². The molecule has 0 radical (unpaired) electrons. The van der Waals surface area contributed by atoms with E-state index in [1.165, 1.54) is 6.21 Å². The first kappa shape index (κ1) is 14.4. The summed E-state index contributed by atoms with van der Waals surface area (Å²) in [4.78, 5) is 16.4. The number of aromatic nitrogens is 1. The predicted molar refractivity (Wildman–Crippen MR) is 90.9 cm³/mol. The molecule has 3 aromatic rings. The third kappa shape index (κ3) is 3.38. The lowest BCUT2D eigenvalue weighted by Crippen LogP contribution is -2.17. The molecule has 0 aliphatic heterocycles. The lowest BCUT2D eigenvalue weighted by atomic mass is 10.2. The molecule has 0 aliphatic rings. The van der Waals surface area contributed by atoms with Gasteiger partial charge in [0.05, 0.1) is 17.4 Å². The zero-order chi connectivity index (χ0) is 15.4. The summed E-state index contributed by atoms with van der Waals surface area (Å²) in [5.41, 5.74) is 4.61. The normalized spacial score (nSPS) is 11.0. The van der Waals surface area contributed by atoms with Crippen LogP contribution in [0.15, 0.2) is 70.2 Å². The molecule has 1 aromatic heterocycles. The van der Waals surface area contributed by atoms with Crippen LogP contribution in [0.4, 0.5) is 0 Å². The highest BCUT2D eigenvalue weighted by Crippen LogP contribution is 2.12. The first-order valence-corrected chi connectivity index (χ1v) is 7.46. The molecular formula is C17H12BrN3O. The Bertz CT molecular complexity index is 861. The number of para-hydroxylation sites is 1. The van der Waals surface area contributed by atoms with Crippen LogP contribution in [0.1, 0.15) is 16.1 Å². The minimum atomic E-state index is -0.265. The van der Waals surface area contributed by atoms with Gasteiger partial charge < -0.3 is 0 Å². The molecule has 1 N–H and O–H groups in total. The molecule has 0 bridgehead atoms. The van der Waals surface area contributed by atoms with Crippen molar-refractivity contribution in [2.45, 2.75) is 0 Å². The third-order valence-corrected chi connectivity index (χ3v) is 3.56. The standard InChI is InChI=1S/C17H12BrN3O/c18-14-6-3-5-13(10-14)17(22)21-19-11-15-9-8-12-4-1-2-7-16(12)20-15/h1-11H,(H,21,22)/b19-11+. The van der Waals surface area contributed by atoms with Gasteiger partial charge in [-0.2, -0.15) is 5.10 Å². The quantitative estimate of drug-likeness (QED) is 0.575. The van der Waals surface area contributed by atoms with Crippen LogP contribution < -0.4 is 5.43 Å². The fourth-order valence-corrected chi connectivity index (χ4v) is 2.40. The van der Waals surface area contributed by atoms with E-state index >= 15 is 0 Å². The Hall–Kier alpha value is -2.53. The zero-order valence-electron chi connectivity index (χ0n) is 11.5. The summed E-state index contributed by atoms with van der Waals surface area (Å²) in [5, 5.41) is 5.02. The molecule has 0 fully saturated rings. The number of carbonyl (C=O) groups is 1. The number of fused-ring (bicyclic) bond motifs is 1. The molecular weight excluding hydrogens is 342 g/mol. The Morgan fingerprint density at radius 1 is 1.09 bits per heavy atom. The third-order valence-electron chi connectivity index (χ3n) is 3.07. The summed E-state index contributed by atoms with van der Waals surface area (Å²) in [5.74, 6) is -0.265. The van der Waals surface area contributed by atoms with Gasteiger partial charge in [-0.15, -0.1) is 0 Å². The van der Waals surface area contributed by atoms with Crippen molar-refractivity contribution in [1.82, 2.24) is 10.4 Å². The van der Waals surface area contributed by atoms with Crippen molar-refractivity contribution < 1.29 is 4.79 Å². The molecule has 0 aliphatic carbocycles. The van der Waals surface area contributed by atoms with E-state index in [0.29, 0.717) is 11.3 Å². The lowest BCUT2D eigenvalue weighted by Gasteiger charge is -2.00. The van der Waals surface area contributed by atoms with E-state index in [1.807, 2.05) is 42.5 Å². The van der Waals surface area contributed by atoms with Crippen LogP contribution >= 0.6 is 15.9 Å². The molecule has 5 heteroatoms. The van der Waals surface area contributed by atoms with E-state index in [9.17, 15) is 4.79 Å². The van der Waals surface area contributed by atoms with Gasteiger partial charge in [-0.1, -0.05) is 46.3 Å². The van der Waals surface area contributed by atoms with Crippen LogP contribution in [0.5, 0.6) is 0 Å². The molecule has 1 heterocycles. The number of amides is 1.